The van der Waals surface area contributed by atoms with Crippen LogP contribution in [-0.2, 0) is 10.3 Å². The predicted octanol–water partition coefficient (Wildman–Crippen LogP) is 4.17. The van der Waals surface area contributed by atoms with Crippen LogP contribution in [0.5, 0.6) is 17.2 Å². The first-order valence-corrected chi connectivity index (χ1v) is 10.8. The molecule has 2 aliphatic rings. The average Bonchev–Trinajstić information content (AvgIpc) is 3.25. The molecule has 7 nitrogen and oxygen atoms in total. The number of amides is 2. The Morgan fingerprint density at radius 2 is 2.03 bits per heavy atom. The second-order valence-corrected chi connectivity index (χ2v) is 8.68. The first kappa shape index (κ1) is 22.0. The third kappa shape index (κ3) is 4.99. The molecule has 2 aromatic rings. The van der Waals surface area contributed by atoms with E-state index in [1.807, 2.05) is 51.1 Å². The van der Waals surface area contributed by atoms with Crippen LogP contribution in [0.15, 0.2) is 49.0 Å². The van der Waals surface area contributed by atoms with Gasteiger partial charge in [-0.15, -0.1) is 0 Å². The summed E-state index contributed by atoms with van der Waals surface area (Å²) in [4.78, 5) is 14.8. The predicted molar refractivity (Wildman–Crippen MR) is 122 cm³/mol. The molecule has 0 saturated carbocycles. The first-order chi connectivity index (χ1) is 15.3. The van der Waals surface area contributed by atoms with Gasteiger partial charge in [-0.25, -0.2) is 4.79 Å². The second kappa shape index (κ2) is 9.12. The minimum absolute atomic E-state index is 0.118. The van der Waals surface area contributed by atoms with Gasteiger partial charge in [0.05, 0.1) is 18.7 Å². The van der Waals surface area contributed by atoms with Crippen molar-refractivity contribution < 1.29 is 23.7 Å². The average molecular weight is 439 g/mol. The summed E-state index contributed by atoms with van der Waals surface area (Å²) >= 11 is 0. The third-order valence-electron chi connectivity index (χ3n) is 5.70. The van der Waals surface area contributed by atoms with Crippen LogP contribution in [0, 0.1) is 0 Å². The number of hydrogen-bond acceptors (Lipinski definition) is 5. The fourth-order valence-corrected chi connectivity index (χ4v) is 3.75. The number of morpholine rings is 1. The van der Waals surface area contributed by atoms with Gasteiger partial charge in [0, 0.05) is 12.6 Å². The van der Waals surface area contributed by atoms with E-state index in [1.165, 1.54) is 0 Å². The van der Waals surface area contributed by atoms with Crippen molar-refractivity contribution in [1.82, 2.24) is 10.2 Å². The van der Waals surface area contributed by atoms with E-state index in [1.54, 1.807) is 11.0 Å². The zero-order valence-corrected chi connectivity index (χ0v) is 18.8. The van der Waals surface area contributed by atoms with Crippen molar-refractivity contribution in [3.05, 3.63) is 60.2 Å². The maximum Gasteiger partial charge on any atom is 0.318 e. The van der Waals surface area contributed by atoms with E-state index < -0.39 is 5.54 Å². The topological polar surface area (TPSA) is 69.3 Å². The normalized spacial score (nSPS) is 17.7. The third-order valence-corrected chi connectivity index (χ3v) is 5.70. The molecule has 0 aromatic heterocycles. The van der Waals surface area contributed by atoms with Crippen molar-refractivity contribution in [3.8, 4) is 17.2 Å². The molecule has 170 valence electrons. The van der Waals surface area contributed by atoms with Crippen molar-refractivity contribution in [1.29, 1.82) is 0 Å². The van der Waals surface area contributed by atoms with Gasteiger partial charge in [-0.1, -0.05) is 30.4 Å². The number of carbonyl (C=O) groups excluding carboxylic acids is 1. The molecule has 7 heteroatoms. The largest absolute Gasteiger partial charge is 0.491 e. The molecule has 1 fully saturated rings. The van der Waals surface area contributed by atoms with Crippen LogP contribution in [0.2, 0.25) is 0 Å². The second-order valence-electron chi connectivity index (χ2n) is 8.68. The van der Waals surface area contributed by atoms with E-state index in [4.69, 9.17) is 18.9 Å². The van der Waals surface area contributed by atoms with Crippen LogP contribution in [0.4, 0.5) is 4.79 Å². The molecular weight excluding hydrogens is 408 g/mol. The molecule has 1 N–H and O–H groups in total. The quantitative estimate of drug-likeness (QED) is 0.733. The fraction of sp³-hybridized carbons (Fsp3) is 0.400. The van der Waals surface area contributed by atoms with Crippen molar-refractivity contribution >= 4 is 11.6 Å². The van der Waals surface area contributed by atoms with Gasteiger partial charge >= 0.3 is 6.03 Å². The minimum atomic E-state index is -0.528. The van der Waals surface area contributed by atoms with Gasteiger partial charge in [0.25, 0.3) is 0 Å². The Balaban J connectivity index is 1.33. The molecule has 1 unspecified atom stereocenters. The first-order valence-electron chi connectivity index (χ1n) is 10.8. The Morgan fingerprint density at radius 1 is 1.22 bits per heavy atom. The lowest BCUT2D eigenvalue weighted by Crippen LogP contribution is -2.54. The highest BCUT2D eigenvalue weighted by Gasteiger charge is 2.30. The van der Waals surface area contributed by atoms with Gasteiger partial charge < -0.3 is 29.2 Å². The number of rotatable bonds is 6. The molecule has 32 heavy (non-hydrogen) atoms. The molecule has 2 aromatic carbocycles. The lowest BCUT2D eigenvalue weighted by Gasteiger charge is -2.36. The number of ether oxygens (including phenoxy) is 4. The molecule has 0 bridgehead atoms. The highest BCUT2D eigenvalue weighted by atomic mass is 16.7. The van der Waals surface area contributed by atoms with E-state index in [-0.39, 0.29) is 18.9 Å². The Hall–Kier alpha value is -3.19. The maximum absolute atomic E-state index is 13.0. The van der Waals surface area contributed by atoms with Gasteiger partial charge in [-0.2, -0.15) is 0 Å². The minimum Gasteiger partial charge on any atom is -0.491 e. The summed E-state index contributed by atoms with van der Waals surface area (Å²) in [5, 5.41) is 3.16. The smallest absolute Gasteiger partial charge is 0.318 e. The molecule has 1 saturated heterocycles. The number of urea groups is 1. The molecule has 1 atom stereocenters. The van der Waals surface area contributed by atoms with E-state index in [2.05, 4.69) is 18.0 Å². The molecule has 0 radical (unpaired) electrons. The van der Waals surface area contributed by atoms with Crippen LogP contribution in [0.1, 0.15) is 31.9 Å². The summed E-state index contributed by atoms with van der Waals surface area (Å²) < 4.78 is 22.4. The zero-order chi connectivity index (χ0) is 22.7. The highest BCUT2D eigenvalue weighted by Crippen LogP contribution is 2.35. The monoisotopic (exact) mass is 438 g/mol. The SMILES string of the molecule is C=C(C)c1cccc(C(C)(C)NC(=O)N2CCOC(COc3ccc4c(c3)OCO4)C2)c1. The summed E-state index contributed by atoms with van der Waals surface area (Å²) in [5.41, 5.74) is 2.56. The number of nitrogens with one attached hydrogen (secondary N) is 1. The van der Waals surface area contributed by atoms with Crippen LogP contribution in [0.3, 0.4) is 0 Å². The molecule has 2 heterocycles. The van der Waals surface area contributed by atoms with Gasteiger partial charge in [0.1, 0.15) is 18.5 Å². The van der Waals surface area contributed by atoms with Gasteiger partial charge in [-0.3, -0.25) is 0 Å². The van der Waals surface area contributed by atoms with Gasteiger partial charge in [0.2, 0.25) is 6.79 Å². The molecule has 2 aliphatic heterocycles. The maximum atomic E-state index is 13.0. The van der Waals surface area contributed by atoms with Gasteiger partial charge in [-0.05, 0) is 50.1 Å². The summed E-state index contributed by atoms with van der Waals surface area (Å²) in [7, 11) is 0. The molecule has 0 aliphatic carbocycles. The highest BCUT2D eigenvalue weighted by molar-refractivity contribution is 5.75. The van der Waals surface area contributed by atoms with Crippen LogP contribution < -0.4 is 19.5 Å². The zero-order valence-electron chi connectivity index (χ0n) is 18.8. The number of carbonyl (C=O) groups is 1. The standard InChI is InChI=1S/C25H30N2O5/c1-17(2)18-6-5-7-19(12-18)25(3,4)26-24(28)27-10-11-29-21(14-27)15-30-20-8-9-22-23(13-20)32-16-31-22/h5-9,12-13,21H,1,10-11,14-16H2,2-4H3,(H,26,28). The lowest BCUT2D eigenvalue weighted by molar-refractivity contribution is -0.0358. The number of nitrogens with zero attached hydrogens (tertiary/aromatic N) is 1. The molecule has 4 rings (SSSR count). The van der Waals surface area contributed by atoms with E-state index in [9.17, 15) is 4.79 Å². The fourth-order valence-electron chi connectivity index (χ4n) is 3.75. The van der Waals surface area contributed by atoms with E-state index >= 15 is 0 Å². The summed E-state index contributed by atoms with van der Waals surface area (Å²) in [6.07, 6.45) is -0.213. The van der Waals surface area contributed by atoms with Crippen LogP contribution >= 0.6 is 0 Å². The van der Waals surface area contributed by atoms with Crippen LogP contribution in [-0.4, -0.2) is 50.1 Å². The summed E-state index contributed by atoms with van der Waals surface area (Å²) in [6.45, 7) is 12.0. The molecule has 2 amide bonds. The Kier molecular flexibility index (Phi) is 6.28. The van der Waals surface area contributed by atoms with E-state index in [0.29, 0.717) is 43.6 Å². The van der Waals surface area contributed by atoms with Crippen molar-refractivity contribution in [2.75, 3.05) is 33.1 Å². The Bertz CT molecular complexity index is 1000. The molecule has 0 spiro atoms. The molecular formula is C25H30N2O5. The van der Waals surface area contributed by atoms with Crippen molar-refractivity contribution in [3.63, 3.8) is 0 Å². The van der Waals surface area contributed by atoms with Gasteiger partial charge in [0.15, 0.2) is 11.5 Å². The number of allylic oxidation sites excluding steroid dienone is 1. The Labute approximate surface area is 188 Å². The lowest BCUT2D eigenvalue weighted by atomic mass is 9.92. The van der Waals surface area contributed by atoms with Crippen LogP contribution in [0.25, 0.3) is 5.57 Å². The number of benzene rings is 2. The van der Waals surface area contributed by atoms with Crippen molar-refractivity contribution in [2.24, 2.45) is 0 Å². The van der Waals surface area contributed by atoms with Crippen molar-refractivity contribution in [2.45, 2.75) is 32.4 Å². The summed E-state index contributed by atoms with van der Waals surface area (Å²) in [5.74, 6) is 2.06. The summed E-state index contributed by atoms with van der Waals surface area (Å²) in [6, 6.07) is 13.5. The number of hydrogen-bond donors (Lipinski definition) is 1. The number of fused-ring (bicyclic) bond motifs is 1. The Morgan fingerprint density at radius 3 is 2.84 bits per heavy atom. The van der Waals surface area contributed by atoms with E-state index in [0.717, 1.165) is 16.7 Å².